The monoisotopic (exact) mass is 197 g/mol. The van der Waals surface area contributed by atoms with Gasteiger partial charge in [0.1, 0.15) is 0 Å². The van der Waals surface area contributed by atoms with E-state index >= 15 is 0 Å². The maximum atomic E-state index is 11.6. The van der Waals surface area contributed by atoms with Gasteiger partial charge in [0.2, 0.25) is 5.91 Å². The van der Waals surface area contributed by atoms with E-state index in [1.807, 2.05) is 4.90 Å². The highest BCUT2D eigenvalue weighted by Crippen LogP contribution is 2.25. The molecule has 1 unspecified atom stereocenters. The molecule has 1 atom stereocenters. The van der Waals surface area contributed by atoms with Crippen molar-refractivity contribution >= 4 is 5.91 Å². The van der Waals surface area contributed by atoms with Crippen molar-refractivity contribution in [3.05, 3.63) is 0 Å². The molecule has 0 bridgehead atoms. The van der Waals surface area contributed by atoms with E-state index in [-0.39, 0.29) is 0 Å². The first-order valence-electron chi connectivity index (χ1n) is 5.80. The Balaban J connectivity index is 2.35. The van der Waals surface area contributed by atoms with Gasteiger partial charge in [-0.05, 0) is 32.1 Å². The Morgan fingerprint density at radius 2 is 2.00 bits per heavy atom. The highest BCUT2D eigenvalue weighted by Gasteiger charge is 2.30. The molecule has 14 heavy (non-hydrogen) atoms. The second-order valence-electron chi connectivity index (χ2n) is 5.18. The van der Waals surface area contributed by atoms with Gasteiger partial charge in [-0.25, -0.2) is 0 Å². The molecule has 0 N–H and O–H groups in total. The average molecular weight is 197 g/mol. The average Bonchev–Trinajstić information content (AvgIpc) is 2.43. The van der Waals surface area contributed by atoms with Crippen LogP contribution in [-0.4, -0.2) is 23.4 Å². The molecule has 1 saturated heterocycles. The predicted octanol–water partition coefficient (Wildman–Crippen LogP) is 2.68. The van der Waals surface area contributed by atoms with Gasteiger partial charge in [-0.15, -0.1) is 0 Å². The molecule has 0 saturated carbocycles. The molecule has 0 spiro atoms. The van der Waals surface area contributed by atoms with Crippen molar-refractivity contribution in [2.75, 3.05) is 6.54 Å². The summed E-state index contributed by atoms with van der Waals surface area (Å²) >= 11 is 0. The number of amides is 1. The number of hydrogen-bond acceptors (Lipinski definition) is 1. The minimum absolute atomic E-state index is 0.355. The molecule has 0 aromatic heterocycles. The first-order valence-corrected chi connectivity index (χ1v) is 5.80. The van der Waals surface area contributed by atoms with Gasteiger partial charge in [-0.2, -0.15) is 0 Å². The quantitative estimate of drug-likeness (QED) is 0.678. The first-order chi connectivity index (χ1) is 6.50. The van der Waals surface area contributed by atoms with Gasteiger partial charge in [-0.1, -0.05) is 20.3 Å². The fourth-order valence-corrected chi connectivity index (χ4v) is 2.07. The summed E-state index contributed by atoms with van der Waals surface area (Å²) in [5.41, 5.74) is 0. The van der Waals surface area contributed by atoms with Crippen molar-refractivity contribution in [3.63, 3.8) is 0 Å². The molecule has 1 amide bonds. The van der Waals surface area contributed by atoms with E-state index in [1.165, 1.54) is 12.8 Å². The van der Waals surface area contributed by atoms with E-state index < -0.39 is 0 Å². The Labute approximate surface area is 87.7 Å². The minimum Gasteiger partial charge on any atom is -0.340 e. The molecule has 2 heteroatoms. The van der Waals surface area contributed by atoms with E-state index in [0.29, 0.717) is 17.9 Å². The number of carbonyl (C=O) groups is 1. The zero-order valence-electron chi connectivity index (χ0n) is 9.92. The standard InChI is InChI=1S/C12H23NO/c1-9(2)5-6-11-7-12(14)13(8-11)10(3)4/h9-11H,5-8H2,1-4H3. The van der Waals surface area contributed by atoms with Crippen LogP contribution in [0.1, 0.15) is 47.0 Å². The van der Waals surface area contributed by atoms with Crippen molar-refractivity contribution in [1.29, 1.82) is 0 Å². The lowest BCUT2D eigenvalue weighted by atomic mass is 9.97. The molecule has 1 aliphatic heterocycles. The summed E-state index contributed by atoms with van der Waals surface area (Å²) in [5.74, 6) is 1.74. The van der Waals surface area contributed by atoms with E-state index in [4.69, 9.17) is 0 Å². The third-order valence-corrected chi connectivity index (χ3v) is 3.01. The van der Waals surface area contributed by atoms with Gasteiger partial charge >= 0.3 is 0 Å². The van der Waals surface area contributed by atoms with Gasteiger partial charge < -0.3 is 4.90 Å². The third kappa shape index (κ3) is 3.00. The maximum absolute atomic E-state index is 11.6. The van der Waals surface area contributed by atoms with E-state index in [2.05, 4.69) is 27.7 Å². The van der Waals surface area contributed by atoms with Crippen LogP contribution in [0.2, 0.25) is 0 Å². The lowest BCUT2D eigenvalue weighted by Crippen LogP contribution is -2.32. The fourth-order valence-electron chi connectivity index (χ4n) is 2.07. The van der Waals surface area contributed by atoms with Gasteiger partial charge in [-0.3, -0.25) is 4.79 Å². The molecule has 1 aliphatic rings. The summed E-state index contributed by atoms with van der Waals surface area (Å²) in [6.45, 7) is 9.68. The zero-order valence-corrected chi connectivity index (χ0v) is 9.92. The van der Waals surface area contributed by atoms with Crippen molar-refractivity contribution in [2.24, 2.45) is 11.8 Å². The molecule has 0 aliphatic carbocycles. The van der Waals surface area contributed by atoms with Crippen LogP contribution in [-0.2, 0) is 4.79 Å². The Bertz CT molecular complexity index is 198. The number of rotatable bonds is 4. The number of hydrogen-bond donors (Lipinski definition) is 0. The Kier molecular flexibility index (Phi) is 3.97. The lowest BCUT2D eigenvalue weighted by Gasteiger charge is -2.21. The molecule has 1 rings (SSSR count). The van der Waals surface area contributed by atoms with Crippen LogP contribution >= 0.6 is 0 Å². The topological polar surface area (TPSA) is 20.3 Å². The Morgan fingerprint density at radius 3 is 2.43 bits per heavy atom. The van der Waals surface area contributed by atoms with Crippen molar-refractivity contribution < 1.29 is 4.79 Å². The van der Waals surface area contributed by atoms with Crippen molar-refractivity contribution in [3.8, 4) is 0 Å². The largest absolute Gasteiger partial charge is 0.340 e. The maximum Gasteiger partial charge on any atom is 0.223 e. The van der Waals surface area contributed by atoms with Crippen LogP contribution in [0.15, 0.2) is 0 Å². The highest BCUT2D eigenvalue weighted by molar-refractivity contribution is 5.78. The zero-order chi connectivity index (χ0) is 10.7. The van der Waals surface area contributed by atoms with Gasteiger partial charge in [0.15, 0.2) is 0 Å². The highest BCUT2D eigenvalue weighted by atomic mass is 16.2. The fraction of sp³-hybridized carbons (Fsp3) is 0.917. The lowest BCUT2D eigenvalue weighted by molar-refractivity contribution is -0.129. The summed E-state index contributed by atoms with van der Waals surface area (Å²) in [5, 5.41) is 0. The van der Waals surface area contributed by atoms with Crippen LogP contribution in [0, 0.1) is 11.8 Å². The minimum atomic E-state index is 0.355. The molecule has 0 radical (unpaired) electrons. The van der Waals surface area contributed by atoms with Gasteiger partial charge in [0.05, 0.1) is 0 Å². The molecule has 82 valence electrons. The summed E-state index contributed by atoms with van der Waals surface area (Å²) < 4.78 is 0. The second-order valence-corrected chi connectivity index (χ2v) is 5.18. The molecule has 0 aromatic carbocycles. The van der Waals surface area contributed by atoms with Crippen LogP contribution in [0.4, 0.5) is 0 Å². The van der Waals surface area contributed by atoms with Crippen molar-refractivity contribution in [1.82, 2.24) is 4.90 Å². The number of carbonyl (C=O) groups excluding carboxylic acids is 1. The summed E-state index contributed by atoms with van der Waals surface area (Å²) in [6.07, 6.45) is 3.25. The normalized spacial score (nSPS) is 22.9. The molecular formula is C12H23NO. The number of nitrogens with zero attached hydrogens (tertiary/aromatic N) is 1. The number of likely N-dealkylation sites (tertiary alicyclic amines) is 1. The second kappa shape index (κ2) is 4.81. The van der Waals surface area contributed by atoms with E-state index in [0.717, 1.165) is 18.9 Å². The Hall–Kier alpha value is -0.530. The first kappa shape index (κ1) is 11.5. The van der Waals surface area contributed by atoms with Crippen LogP contribution in [0.25, 0.3) is 0 Å². The van der Waals surface area contributed by atoms with Gasteiger partial charge in [0, 0.05) is 19.0 Å². The third-order valence-electron chi connectivity index (χ3n) is 3.01. The molecular weight excluding hydrogens is 174 g/mol. The SMILES string of the molecule is CC(C)CCC1CC(=O)N(C(C)C)C1. The van der Waals surface area contributed by atoms with Crippen LogP contribution < -0.4 is 0 Å². The molecule has 1 heterocycles. The summed E-state index contributed by atoms with van der Waals surface area (Å²) in [7, 11) is 0. The summed E-state index contributed by atoms with van der Waals surface area (Å²) in [6, 6.07) is 0.381. The van der Waals surface area contributed by atoms with Gasteiger partial charge in [0.25, 0.3) is 0 Å². The molecule has 0 aromatic rings. The predicted molar refractivity (Wildman–Crippen MR) is 59.0 cm³/mol. The van der Waals surface area contributed by atoms with Crippen LogP contribution in [0.3, 0.4) is 0 Å². The van der Waals surface area contributed by atoms with E-state index in [9.17, 15) is 4.79 Å². The molecule has 1 fully saturated rings. The van der Waals surface area contributed by atoms with Crippen LogP contribution in [0.5, 0.6) is 0 Å². The Morgan fingerprint density at radius 1 is 1.36 bits per heavy atom. The summed E-state index contributed by atoms with van der Waals surface area (Å²) in [4.78, 5) is 13.6. The smallest absolute Gasteiger partial charge is 0.223 e. The molecule has 2 nitrogen and oxygen atoms in total. The van der Waals surface area contributed by atoms with Crippen molar-refractivity contribution in [2.45, 2.75) is 53.0 Å². The van der Waals surface area contributed by atoms with E-state index in [1.54, 1.807) is 0 Å².